The van der Waals surface area contributed by atoms with Crippen molar-refractivity contribution >= 4 is 34.6 Å². The third kappa shape index (κ3) is 2.01. The van der Waals surface area contributed by atoms with E-state index in [4.69, 9.17) is 14.7 Å². The molecule has 4 heteroatoms. The van der Waals surface area contributed by atoms with Crippen molar-refractivity contribution in [2.75, 3.05) is 0 Å². The van der Waals surface area contributed by atoms with Gasteiger partial charge in [0, 0.05) is 5.02 Å². The first-order valence-electron chi connectivity index (χ1n) is 3.45. The molecule has 0 radical (unpaired) electrons. The fourth-order valence-electron chi connectivity index (χ4n) is 0.963. The van der Waals surface area contributed by atoms with E-state index in [1.807, 2.05) is 6.92 Å². The number of hydrogen-bond acceptors (Lipinski definition) is 1. The van der Waals surface area contributed by atoms with E-state index in [1.165, 1.54) is 6.07 Å². The summed E-state index contributed by atoms with van der Waals surface area (Å²) in [5.41, 5.74) is 0.786. The Morgan fingerprint density at radius 2 is 2.25 bits per heavy atom. The van der Waals surface area contributed by atoms with E-state index in [9.17, 15) is 4.39 Å². The van der Waals surface area contributed by atoms with Crippen LogP contribution in [0.4, 0.5) is 4.39 Å². The lowest BCUT2D eigenvalue weighted by atomic mass is 10.1. The second-order valence-electron chi connectivity index (χ2n) is 2.31. The molecule has 0 aromatic heterocycles. The Bertz CT molecular complexity index is 291. The Hall–Kier alpha value is -0.0300. The molecule has 0 aliphatic carbocycles. The largest absolute Gasteiger partial charge is 0.424 e. The van der Waals surface area contributed by atoms with Crippen molar-refractivity contribution in [3.8, 4) is 5.75 Å². The van der Waals surface area contributed by atoms with E-state index in [-0.39, 0.29) is 5.75 Å². The molecule has 0 fully saturated rings. The van der Waals surface area contributed by atoms with Crippen molar-refractivity contribution in [1.29, 1.82) is 0 Å². The van der Waals surface area contributed by atoms with Crippen molar-refractivity contribution in [3.05, 3.63) is 28.5 Å². The van der Waals surface area contributed by atoms with E-state index in [0.29, 0.717) is 11.4 Å². The van der Waals surface area contributed by atoms with Gasteiger partial charge in [-0.2, -0.15) is 0 Å². The maximum atomic E-state index is 13.1. The van der Waals surface area contributed by atoms with E-state index in [1.54, 1.807) is 29.1 Å². The van der Waals surface area contributed by atoms with Crippen LogP contribution in [0.1, 0.15) is 12.5 Å². The predicted molar refractivity (Wildman–Crippen MR) is 55.4 cm³/mol. The lowest BCUT2D eigenvalue weighted by Gasteiger charge is -2.05. The van der Waals surface area contributed by atoms with Gasteiger partial charge in [0.15, 0.2) is 34.6 Å². The van der Waals surface area contributed by atoms with Crippen LogP contribution in [0.25, 0.3) is 0 Å². The van der Waals surface area contributed by atoms with Crippen LogP contribution in [0.2, 0.25) is 5.02 Å². The van der Waals surface area contributed by atoms with Gasteiger partial charge in [0.05, 0.1) is 0 Å². The summed E-state index contributed by atoms with van der Waals surface area (Å²) in [7, 11) is 0. The Kier molecular flexibility index (Phi) is 3.58. The summed E-state index contributed by atoms with van der Waals surface area (Å²) in [4.78, 5) is 0. The van der Waals surface area contributed by atoms with Crippen LogP contribution in [0.5, 0.6) is 5.75 Å². The van der Waals surface area contributed by atoms with E-state index < -0.39 is 5.82 Å². The molecule has 0 unspecified atom stereocenters. The fraction of sp³-hybridized carbons (Fsp3) is 0.250. The SMILES string of the molecule is CCc1cc(Cl)cc(F)c1OI. The van der Waals surface area contributed by atoms with E-state index >= 15 is 0 Å². The summed E-state index contributed by atoms with van der Waals surface area (Å²) < 4.78 is 17.9. The quantitative estimate of drug-likeness (QED) is 0.756. The summed E-state index contributed by atoms with van der Waals surface area (Å²) in [6, 6.07) is 2.95. The van der Waals surface area contributed by atoms with Crippen LogP contribution in [0, 0.1) is 5.82 Å². The minimum atomic E-state index is -0.409. The number of aryl methyl sites for hydroxylation is 1. The molecule has 0 heterocycles. The van der Waals surface area contributed by atoms with Crippen molar-refractivity contribution in [3.63, 3.8) is 0 Å². The molecule has 0 N–H and O–H groups in total. The molecule has 1 nitrogen and oxygen atoms in total. The lowest BCUT2D eigenvalue weighted by molar-refractivity contribution is 0.561. The molecule has 1 aromatic rings. The topological polar surface area (TPSA) is 9.23 Å². The standard InChI is InChI=1S/C8H7ClFIO/c1-2-5-3-6(9)4-7(10)8(5)12-11/h3-4H,2H2,1H3. The van der Waals surface area contributed by atoms with Gasteiger partial charge in [-0.25, -0.2) is 4.39 Å². The highest BCUT2D eigenvalue weighted by molar-refractivity contribution is 14.1. The van der Waals surface area contributed by atoms with Gasteiger partial charge < -0.3 is 3.07 Å². The monoisotopic (exact) mass is 300 g/mol. The van der Waals surface area contributed by atoms with Crippen molar-refractivity contribution in [2.45, 2.75) is 13.3 Å². The third-order valence-electron chi connectivity index (χ3n) is 1.54. The normalized spacial score (nSPS) is 10.0. The summed E-state index contributed by atoms with van der Waals surface area (Å²) in [5.74, 6) is -0.128. The molecule has 12 heavy (non-hydrogen) atoms. The minimum Gasteiger partial charge on any atom is -0.424 e. The second-order valence-corrected chi connectivity index (χ2v) is 3.18. The molecule has 1 aromatic carbocycles. The highest BCUT2D eigenvalue weighted by Crippen LogP contribution is 2.28. The first kappa shape index (κ1) is 10.1. The summed E-state index contributed by atoms with van der Waals surface area (Å²) >= 11 is 7.32. The molecule has 0 spiro atoms. The number of hydrogen-bond donors (Lipinski definition) is 0. The van der Waals surface area contributed by atoms with Crippen LogP contribution >= 0.6 is 34.6 Å². The zero-order chi connectivity index (χ0) is 9.14. The Balaban J connectivity index is 3.24. The molecule has 1 rings (SSSR count). The van der Waals surface area contributed by atoms with Gasteiger partial charge in [0.25, 0.3) is 0 Å². The summed E-state index contributed by atoms with van der Waals surface area (Å²) in [6.45, 7) is 1.92. The van der Waals surface area contributed by atoms with Gasteiger partial charge in [-0.05, 0) is 24.1 Å². The van der Waals surface area contributed by atoms with Gasteiger partial charge in [0.2, 0.25) is 0 Å². The molecule has 0 bridgehead atoms. The average molecular weight is 300 g/mol. The van der Waals surface area contributed by atoms with Crippen molar-refractivity contribution < 1.29 is 7.46 Å². The highest BCUT2D eigenvalue weighted by atomic mass is 127. The van der Waals surface area contributed by atoms with Crippen LogP contribution in [0.3, 0.4) is 0 Å². The number of halogens is 3. The van der Waals surface area contributed by atoms with Gasteiger partial charge >= 0.3 is 0 Å². The summed E-state index contributed by atoms with van der Waals surface area (Å²) in [5, 5.41) is 0.404. The fourth-order valence-corrected chi connectivity index (χ4v) is 1.68. The average Bonchev–Trinajstić information content (AvgIpc) is 2.03. The first-order valence-corrected chi connectivity index (χ1v) is 4.71. The predicted octanol–water partition coefficient (Wildman–Crippen LogP) is 3.77. The van der Waals surface area contributed by atoms with Gasteiger partial charge in [-0.15, -0.1) is 0 Å². The Morgan fingerprint density at radius 3 is 2.75 bits per heavy atom. The molecule has 0 saturated carbocycles. The van der Waals surface area contributed by atoms with Crippen LogP contribution in [-0.4, -0.2) is 0 Å². The maximum absolute atomic E-state index is 13.1. The minimum absolute atomic E-state index is 0.280. The lowest BCUT2D eigenvalue weighted by Crippen LogP contribution is -1.90. The van der Waals surface area contributed by atoms with Gasteiger partial charge in [0.1, 0.15) is 0 Å². The zero-order valence-electron chi connectivity index (χ0n) is 6.40. The van der Waals surface area contributed by atoms with Crippen LogP contribution < -0.4 is 3.07 Å². The van der Waals surface area contributed by atoms with E-state index in [0.717, 1.165) is 5.56 Å². The van der Waals surface area contributed by atoms with Crippen LogP contribution in [-0.2, 0) is 6.42 Å². The van der Waals surface area contributed by atoms with Crippen molar-refractivity contribution in [1.82, 2.24) is 0 Å². The Labute approximate surface area is 89.6 Å². The zero-order valence-corrected chi connectivity index (χ0v) is 9.32. The molecular weight excluding hydrogens is 293 g/mol. The molecule has 0 aliphatic heterocycles. The first-order chi connectivity index (χ1) is 5.69. The summed E-state index contributed by atoms with van der Waals surface area (Å²) in [6.07, 6.45) is 0.704. The van der Waals surface area contributed by atoms with Crippen LogP contribution in [0.15, 0.2) is 12.1 Å². The second kappa shape index (κ2) is 4.28. The number of benzene rings is 1. The highest BCUT2D eigenvalue weighted by Gasteiger charge is 2.09. The Morgan fingerprint density at radius 1 is 1.58 bits per heavy atom. The molecular formula is C8H7ClFIO. The molecule has 66 valence electrons. The smallest absolute Gasteiger partial charge is 0.192 e. The molecule has 0 atom stereocenters. The van der Waals surface area contributed by atoms with Gasteiger partial charge in [-0.1, -0.05) is 18.5 Å². The molecule has 0 amide bonds. The van der Waals surface area contributed by atoms with Crippen molar-refractivity contribution in [2.24, 2.45) is 0 Å². The maximum Gasteiger partial charge on any atom is 0.192 e. The molecule has 0 aliphatic rings. The van der Waals surface area contributed by atoms with Gasteiger partial charge in [-0.3, -0.25) is 0 Å². The third-order valence-corrected chi connectivity index (χ3v) is 2.20. The van der Waals surface area contributed by atoms with E-state index in [2.05, 4.69) is 0 Å². The number of rotatable bonds is 2. The molecule has 0 saturated heterocycles.